The molecule has 0 saturated heterocycles. The third-order valence-electron chi connectivity index (χ3n) is 3.19. The number of rotatable bonds is 3. The van der Waals surface area contributed by atoms with Gasteiger partial charge in [0.15, 0.2) is 6.61 Å². The van der Waals surface area contributed by atoms with Crippen LogP contribution in [0.5, 0.6) is 5.75 Å². The van der Waals surface area contributed by atoms with Crippen LogP contribution in [0.3, 0.4) is 0 Å². The van der Waals surface area contributed by atoms with Crippen LogP contribution in [0.2, 0.25) is 0 Å². The molecule has 1 aliphatic heterocycles. The molecule has 1 aromatic carbocycles. The fraction of sp³-hybridized carbons (Fsp3) is 0.500. The molecule has 19 heavy (non-hydrogen) atoms. The molecule has 0 aromatic heterocycles. The lowest BCUT2D eigenvalue weighted by Crippen LogP contribution is -2.30. The van der Waals surface area contributed by atoms with Crippen molar-refractivity contribution in [3.8, 4) is 5.75 Å². The lowest BCUT2D eigenvalue weighted by molar-refractivity contribution is -0.124. The molecule has 104 valence electrons. The Morgan fingerprint density at radius 1 is 1.37 bits per heavy atom. The normalized spacial score (nSPS) is 17.8. The highest BCUT2D eigenvalue weighted by Gasteiger charge is 2.42. The molecule has 1 atom stereocenters. The van der Waals surface area contributed by atoms with E-state index >= 15 is 0 Å². The molecule has 0 spiro atoms. The van der Waals surface area contributed by atoms with Gasteiger partial charge >= 0.3 is 5.92 Å². The van der Waals surface area contributed by atoms with Gasteiger partial charge < -0.3 is 10.1 Å². The predicted molar refractivity (Wildman–Crippen MR) is 67.2 cm³/mol. The Hall–Kier alpha value is -1.65. The molecular formula is C14H17F2NO2. The SMILES string of the molecule is CC(C)C(=O)N[C@H](C)c1cccc2c1OCC2(F)F. The maximum absolute atomic E-state index is 13.6. The molecule has 1 aliphatic rings. The van der Waals surface area contributed by atoms with Gasteiger partial charge in [0.25, 0.3) is 0 Å². The van der Waals surface area contributed by atoms with Crippen LogP contribution < -0.4 is 10.1 Å². The van der Waals surface area contributed by atoms with Crippen molar-refractivity contribution in [3.05, 3.63) is 29.3 Å². The Balaban J connectivity index is 2.28. The number of carbonyl (C=O) groups is 1. The molecule has 1 amide bonds. The number of amides is 1. The van der Waals surface area contributed by atoms with Gasteiger partial charge in [0.05, 0.1) is 11.6 Å². The highest BCUT2D eigenvalue weighted by molar-refractivity contribution is 5.78. The van der Waals surface area contributed by atoms with Crippen LogP contribution in [0.4, 0.5) is 8.78 Å². The number of hydrogen-bond donors (Lipinski definition) is 1. The fourth-order valence-electron chi connectivity index (χ4n) is 2.04. The van der Waals surface area contributed by atoms with E-state index in [0.29, 0.717) is 5.56 Å². The Bertz CT molecular complexity index is 500. The number of carbonyl (C=O) groups excluding carboxylic acids is 1. The summed E-state index contributed by atoms with van der Waals surface area (Å²) in [5.41, 5.74) is 0.485. The van der Waals surface area contributed by atoms with Crippen LogP contribution in [0.25, 0.3) is 0 Å². The van der Waals surface area contributed by atoms with Gasteiger partial charge in [-0.2, -0.15) is 8.78 Å². The summed E-state index contributed by atoms with van der Waals surface area (Å²) in [5, 5.41) is 2.79. The van der Waals surface area contributed by atoms with Gasteiger partial charge in [-0.15, -0.1) is 0 Å². The number of halogens is 2. The van der Waals surface area contributed by atoms with Crippen molar-refractivity contribution in [2.24, 2.45) is 5.92 Å². The lowest BCUT2D eigenvalue weighted by Gasteiger charge is -2.18. The van der Waals surface area contributed by atoms with Crippen molar-refractivity contribution in [3.63, 3.8) is 0 Å². The standard InChI is InChI=1S/C14H17F2NO2/c1-8(2)13(18)17-9(3)10-5-4-6-11-12(10)19-7-14(11,15)16/h4-6,8-9H,7H2,1-3H3,(H,17,18)/t9-/m1/s1. The van der Waals surface area contributed by atoms with Gasteiger partial charge in [-0.1, -0.05) is 26.0 Å². The van der Waals surface area contributed by atoms with E-state index in [2.05, 4.69) is 5.32 Å². The average Bonchev–Trinajstić information content (AvgIpc) is 2.65. The number of nitrogens with one attached hydrogen (secondary N) is 1. The lowest BCUT2D eigenvalue weighted by atomic mass is 10.0. The van der Waals surface area contributed by atoms with E-state index in [1.54, 1.807) is 32.9 Å². The minimum Gasteiger partial charge on any atom is -0.486 e. The monoisotopic (exact) mass is 269 g/mol. The first kappa shape index (κ1) is 13.8. The first-order chi connectivity index (χ1) is 8.83. The summed E-state index contributed by atoms with van der Waals surface area (Å²) in [4.78, 5) is 11.7. The molecule has 1 aromatic rings. The average molecular weight is 269 g/mol. The van der Waals surface area contributed by atoms with Gasteiger partial charge in [-0.05, 0) is 13.0 Å². The predicted octanol–water partition coefficient (Wildman–Crippen LogP) is 3.00. The molecule has 1 N–H and O–H groups in total. The second-order valence-electron chi connectivity index (χ2n) is 5.10. The Kier molecular flexibility index (Phi) is 3.47. The number of ether oxygens (including phenoxy) is 1. The van der Waals surface area contributed by atoms with Gasteiger partial charge in [-0.3, -0.25) is 4.79 Å². The zero-order chi connectivity index (χ0) is 14.2. The Morgan fingerprint density at radius 2 is 2.05 bits per heavy atom. The second kappa shape index (κ2) is 4.79. The van der Waals surface area contributed by atoms with Crippen LogP contribution in [-0.2, 0) is 10.7 Å². The number of hydrogen-bond acceptors (Lipinski definition) is 2. The van der Waals surface area contributed by atoms with Crippen LogP contribution in [-0.4, -0.2) is 12.5 Å². The summed E-state index contributed by atoms with van der Waals surface area (Å²) in [6.07, 6.45) is 0. The largest absolute Gasteiger partial charge is 0.486 e. The maximum atomic E-state index is 13.6. The molecule has 0 unspecified atom stereocenters. The van der Waals surface area contributed by atoms with Gasteiger partial charge in [-0.25, -0.2) is 0 Å². The quantitative estimate of drug-likeness (QED) is 0.916. The van der Waals surface area contributed by atoms with Crippen LogP contribution >= 0.6 is 0 Å². The molecule has 0 bridgehead atoms. The molecule has 2 rings (SSSR count). The summed E-state index contributed by atoms with van der Waals surface area (Å²) in [7, 11) is 0. The third-order valence-corrected chi connectivity index (χ3v) is 3.19. The van der Waals surface area contributed by atoms with E-state index in [9.17, 15) is 13.6 Å². The smallest absolute Gasteiger partial charge is 0.310 e. The topological polar surface area (TPSA) is 38.3 Å². The number of para-hydroxylation sites is 1. The van der Waals surface area contributed by atoms with Gasteiger partial charge in [0.2, 0.25) is 5.91 Å². The minimum atomic E-state index is -2.95. The summed E-state index contributed by atoms with van der Waals surface area (Å²) in [6.45, 7) is 4.68. The maximum Gasteiger partial charge on any atom is 0.310 e. The van der Waals surface area contributed by atoms with E-state index in [0.717, 1.165) is 0 Å². The van der Waals surface area contributed by atoms with Crippen molar-refractivity contribution < 1.29 is 18.3 Å². The van der Waals surface area contributed by atoms with E-state index in [4.69, 9.17) is 4.74 Å². The molecule has 5 heteroatoms. The van der Waals surface area contributed by atoms with Crippen LogP contribution in [0.1, 0.15) is 37.9 Å². The zero-order valence-corrected chi connectivity index (χ0v) is 11.2. The summed E-state index contributed by atoms with van der Waals surface area (Å²) in [6, 6.07) is 4.27. The third kappa shape index (κ3) is 2.55. The fourth-order valence-corrected chi connectivity index (χ4v) is 2.04. The van der Waals surface area contributed by atoms with Crippen molar-refractivity contribution in [2.75, 3.05) is 6.61 Å². The molecule has 0 saturated carbocycles. The van der Waals surface area contributed by atoms with Crippen molar-refractivity contribution >= 4 is 5.91 Å². The van der Waals surface area contributed by atoms with Crippen molar-refractivity contribution in [1.82, 2.24) is 5.32 Å². The molecule has 0 aliphatic carbocycles. The van der Waals surface area contributed by atoms with E-state index in [1.165, 1.54) is 6.07 Å². The highest BCUT2D eigenvalue weighted by Crippen LogP contribution is 2.44. The summed E-state index contributed by atoms with van der Waals surface area (Å²) >= 11 is 0. The molecule has 3 nitrogen and oxygen atoms in total. The number of benzene rings is 1. The minimum absolute atomic E-state index is 0.101. The molecule has 1 heterocycles. The molecule has 0 fully saturated rings. The molecular weight excluding hydrogens is 252 g/mol. The van der Waals surface area contributed by atoms with Gasteiger partial charge in [0.1, 0.15) is 5.75 Å². The summed E-state index contributed by atoms with van der Waals surface area (Å²) in [5.74, 6) is -3.02. The van der Waals surface area contributed by atoms with Gasteiger partial charge in [0, 0.05) is 11.5 Å². The van der Waals surface area contributed by atoms with Crippen LogP contribution in [0.15, 0.2) is 18.2 Å². The molecule has 0 radical (unpaired) electrons. The van der Waals surface area contributed by atoms with Crippen molar-refractivity contribution in [2.45, 2.75) is 32.7 Å². The van der Waals surface area contributed by atoms with E-state index in [1.807, 2.05) is 0 Å². The Labute approximate surface area is 111 Å². The first-order valence-corrected chi connectivity index (χ1v) is 6.27. The Morgan fingerprint density at radius 3 is 2.68 bits per heavy atom. The first-order valence-electron chi connectivity index (χ1n) is 6.27. The number of fused-ring (bicyclic) bond motifs is 1. The number of alkyl halides is 2. The van der Waals surface area contributed by atoms with E-state index < -0.39 is 12.5 Å². The zero-order valence-electron chi connectivity index (χ0n) is 11.2. The highest BCUT2D eigenvalue weighted by atomic mass is 19.3. The summed E-state index contributed by atoms with van der Waals surface area (Å²) < 4.78 is 32.2. The van der Waals surface area contributed by atoms with E-state index in [-0.39, 0.29) is 29.2 Å². The second-order valence-corrected chi connectivity index (χ2v) is 5.10. The van der Waals surface area contributed by atoms with Crippen molar-refractivity contribution in [1.29, 1.82) is 0 Å². The van der Waals surface area contributed by atoms with Crippen LogP contribution in [0, 0.1) is 5.92 Å².